The van der Waals surface area contributed by atoms with Crippen molar-refractivity contribution in [3.63, 3.8) is 0 Å². The summed E-state index contributed by atoms with van der Waals surface area (Å²) in [6, 6.07) is 0. The topological polar surface area (TPSA) is 20.3 Å². The molecule has 0 bridgehead atoms. The third-order valence-electron chi connectivity index (χ3n) is 3.73. The van der Waals surface area contributed by atoms with Crippen LogP contribution >= 0.6 is 15.9 Å². The molecule has 0 aromatic rings. The minimum Gasteiger partial charge on any atom is -0.341 e. The van der Waals surface area contributed by atoms with Crippen LogP contribution in [0.25, 0.3) is 0 Å². The molecule has 1 aliphatic heterocycles. The molecule has 1 heterocycles. The fourth-order valence-corrected chi connectivity index (χ4v) is 3.26. The number of amides is 1. The van der Waals surface area contributed by atoms with E-state index in [1.807, 2.05) is 0 Å². The Morgan fingerprint density at radius 3 is 2.87 bits per heavy atom. The lowest BCUT2D eigenvalue weighted by atomic mass is 9.98. The number of halogens is 1. The summed E-state index contributed by atoms with van der Waals surface area (Å²) in [5.41, 5.74) is 0.508. The molecule has 0 radical (unpaired) electrons. The Balaban J connectivity index is 1.91. The largest absolute Gasteiger partial charge is 0.341 e. The highest BCUT2D eigenvalue weighted by Gasteiger charge is 2.44. The summed E-state index contributed by atoms with van der Waals surface area (Å²) >= 11 is 3.47. The van der Waals surface area contributed by atoms with Crippen molar-refractivity contribution in [2.24, 2.45) is 5.41 Å². The van der Waals surface area contributed by atoms with Gasteiger partial charge in [-0.2, -0.15) is 0 Å². The number of alkyl halides is 1. The SMILES string of the molecule is CCCC1(CN2CCCC(Br)C2=O)CC1. The monoisotopic (exact) mass is 273 g/mol. The van der Waals surface area contributed by atoms with Gasteiger partial charge in [0, 0.05) is 13.1 Å². The fraction of sp³-hybridized carbons (Fsp3) is 0.917. The Morgan fingerprint density at radius 1 is 1.53 bits per heavy atom. The Morgan fingerprint density at radius 2 is 2.27 bits per heavy atom. The van der Waals surface area contributed by atoms with E-state index in [1.165, 1.54) is 25.7 Å². The number of carbonyl (C=O) groups is 1. The lowest BCUT2D eigenvalue weighted by Gasteiger charge is -2.33. The maximum absolute atomic E-state index is 11.9. The van der Waals surface area contributed by atoms with E-state index in [4.69, 9.17) is 0 Å². The van der Waals surface area contributed by atoms with Crippen LogP contribution in [-0.4, -0.2) is 28.7 Å². The minimum absolute atomic E-state index is 0.0867. The van der Waals surface area contributed by atoms with E-state index < -0.39 is 0 Å². The first-order valence-electron chi connectivity index (χ1n) is 6.10. The second-order valence-corrected chi connectivity index (χ2v) is 6.22. The Bertz CT molecular complexity index is 250. The molecule has 2 rings (SSSR count). The van der Waals surface area contributed by atoms with E-state index in [2.05, 4.69) is 27.8 Å². The number of piperidine rings is 1. The van der Waals surface area contributed by atoms with Crippen LogP contribution in [0, 0.1) is 5.41 Å². The van der Waals surface area contributed by atoms with Crippen LogP contribution in [-0.2, 0) is 4.79 Å². The van der Waals surface area contributed by atoms with E-state index in [1.54, 1.807) is 0 Å². The van der Waals surface area contributed by atoms with Gasteiger partial charge in [0.2, 0.25) is 5.91 Å². The zero-order chi connectivity index (χ0) is 10.9. The van der Waals surface area contributed by atoms with Crippen LogP contribution in [0.3, 0.4) is 0 Å². The Kier molecular flexibility index (Phi) is 3.39. The molecule has 3 heteroatoms. The van der Waals surface area contributed by atoms with Crippen LogP contribution in [0.5, 0.6) is 0 Å². The van der Waals surface area contributed by atoms with Crippen molar-refractivity contribution in [1.82, 2.24) is 4.90 Å². The highest BCUT2D eigenvalue weighted by molar-refractivity contribution is 9.10. The summed E-state index contributed by atoms with van der Waals surface area (Å²) in [7, 11) is 0. The van der Waals surface area contributed by atoms with Crippen LogP contribution in [0.15, 0.2) is 0 Å². The van der Waals surface area contributed by atoms with Crippen molar-refractivity contribution in [1.29, 1.82) is 0 Å². The lowest BCUT2D eigenvalue weighted by molar-refractivity contribution is -0.133. The smallest absolute Gasteiger partial charge is 0.236 e. The van der Waals surface area contributed by atoms with Crippen LogP contribution in [0.4, 0.5) is 0 Å². The summed E-state index contributed by atoms with van der Waals surface area (Å²) in [5.74, 6) is 0.323. The molecule has 2 aliphatic rings. The number of nitrogens with zero attached hydrogens (tertiary/aromatic N) is 1. The lowest BCUT2D eigenvalue weighted by Crippen LogP contribution is -2.44. The van der Waals surface area contributed by atoms with Gasteiger partial charge in [-0.3, -0.25) is 4.79 Å². The van der Waals surface area contributed by atoms with E-state index in [0.29, 0.717) is 11.3 Å². The van der Waals surface area contributed by atoms with Gasteiger partial charge in [0.05, 0.1) is 4.83 Å². The van der Waals surface area contributed by atoms with E-state index in [9.17, 15) is 4.79 Å². The van der Waals surface area contributed by atoms with Gasteiger partial charge in [-0.05, 0) is 37.5 Å². The summed E-state index contributed by atoms with van der Waals surface area (Å²) in [4.78, 5) is 14.1. The molecular weight excluding hydrogens is 254 g/mol. The van der Waals surface area contributed by atoms with Crippen molar-refractivity contribution >= 4 is 21.8 Å². The van der Waals surface area contributed by atoms with Gasteiger partial charge >= 0.3 is 0 Å². The molecule has 1 atom stereocenters. The molecule has 0 N–H and O–H groups in total. The summed E-state index contributed by atoms with van der Waals surface area (Å²) in [5, 5.41) is 0. The fourth-order valence-electron chi connectivity index (χ4n) is 2.65. The molecule has 2 fully saturated rings. The molecule has 1 unspecified atom stereocenters. The van der Waals surface area contributed by atoms with Gasteiger partial charge in [-0.1, -0.05) is 29.3 Å². The second-order valence-electron chi connectivity index (χ2n) is 5.12. The third-order valence-corrected chi connectivity index (χ3v) is 4.58. The molecule has 0 spiro atoms. The number of hydrogen-bond acceptors (Lipinski definition) is 1. The average Bonchev–Trinajstić information content (AvgIpc) is 2.94. The van der Waals surface area contributed by atoms with Crippen molar-refractivity contribution in [3.8, 4) is 0 Å². The van der Waals surface area contributed by atoms with E-state index >= 15 is 0 Å². The predicted octanol–water partition coefficient (Wildman–Crippen LogP) is 2.95. The molecule has 15 heavy (non-hydrogen) atoms. The minimum atomic E-state index is 0.0867. The zero-order valence-corrected chi connectivity index (χ0v) is 11.1. The number of rotatable bonds is 4. The molecule has 86 valence electrons. The van der Waals surface area contributed by atoms with Gasteiger partial charge in [0.15, 0.2) is 0 Å². The number of carbonyl (C=O) groups excluding carboxylic acids is 1. The maximum atomic E-state index is 11.9. The zero-order valence-electron chi connectivity index (χ0n) is 9.47. The Hall–Kier alpha value is -0.0500. The normalized spacial score (nSPS) is 29.3. The molecule has 2 nitrogen and oxygen atoms in total. The quantitative estimate of drug-likeness (QED) is 0.722. The molecule has 0 aromatic heterocycles. The summed E-state index contributed by atoms with van der Waals surface area (Å²) in [6.07, 6.45) is 7.37. The second kappa shape index (κ2) is 4.44. The highest BCUT2D eigenvalue weighted by Crippen LogP contribution is 2.50. The molecule has 1 aliphatic carbocycles. The van der Waals surface area contributed by atoms with Gasteiger partial charge in [-0.15, -0.1) is 0 Å². The van der Waals surface area contributed by atoms with Crippen molar-refractivity contribution < 1.29 is 4.79 Å². The van der Waals surface area contributed by atoms with Crippen molar-refractivity contribution in [2.75, 3.05) is 13.1 Å². The summed E-state index contributed by atoms with van der Waals surface area (Å²) < 4.78 is 0. The van der Waals surface area contributed by atoms with Crippen LogP contribution in [0.2, 0.25) is 0 Å². The molecule has 0 aromatic carbocycles. The molecule has 1 saturated heterocycles. The summed E-state index contributed by atoms with van der Waals surface area (Å²) in [6.45, 7) is 4.24. The first-order valence-corrected chi connectivity index (χ1v) is 7.01. The maximum Gasteiger partial charge on any atom is 0.236 e. The van der Waals surface area contributed by atoms with Crippen LogP contribution < -0.4 is 0 Å². The van der Waals surface area contributed by atoms with Crippen LogP contribution in [0.1, 0.15) is 45.4 Å². The first-order chi connectivity index (χ1) is 7.17. The number of likely N-dealkylation sites (tertiary alicyclic amines) is 1. The molecule has 1 saturated carbocycles. The standard InChI is InChI=1S/C12H20BrNO/c1-2-5-12(6-7-12)9-14-8-3-4-10(13)11(14)15/h10H,2-9H2,1H3. The third kappa shape index (κ3) is 2.55. The number of hydrogen-bond donors (Lipinski definition) is 0. The average molecular weight is 274 g/mol. The van der Waals surface area contributed by atoms with E-state index in [-0.39, 0.29) is 4.83 Å². The van der Waals surface area contributed by atoms with Gasteiger partial charge < -0.3 is 4.90 Å². The predicted molar refractivity (Wildman–Crippen MR) is 65.1 cm³/mol. The molecular formula is C12H20BrNO. The van der Waals surface area contributed by atoms with Crippen molar-refractivity contribution in [3.05, 3.63) is 0 Å². The first kappa shape index (κ1) is 11.4. The van der Waals surface area contributed by atoms with Gasteiger partial charge in [0.25, 0.3) is 0 Å². The van der Waals surface area contributed by atoms with Gasteiger partial charge in [-0.25, -0.2) is 0 Å². The molecule has 1 amide bonds. The Labute approximate surface area is 101 Å². The van der Waals surface area contributed by atoms with Crippen molar-refractivity contribution in [2.45, 2.75) is 50.3 Å². The van der Waals surface area contributed by atoms with Gasteiger partial charge in [0.1, 0.15) is 0 Å². The highest BCUT2D eigenvalue weighted by atomic mass is 79.9. The van der Waals surface area contributed by atoms with E-state index in [0.717, 1.165) is 25.9 Å².